The SMILES string of the molecule is CC1(C)CCC(O)(CNC(=O)c2n[nH]c(C3CC3)n2)CC1. The second kappa shape index (κ2) is 5.09. The zero-order chi connectivity index (χ0) is 15.1. The first-order chi connectivity index (χ1) is 9.87. The van der Waals surface area contributed by atoms with Crippen LogP contribution in [0, 0.1) is 5.41 Å². The normalized spacial score (nSPS) is 23.8. The van der Waals surface area contributed by atoms with E-state index >= 15 is 0 Å². The number of aromatic amines is 1. The van der Waals surface area contributed by atoms with Crippen LogP contribution in [-0.4, -0.2) is 38.3 Å². The molecule has 116 valence electrons. The largest absolute Gasteiger partial charge is 0.388 e. The van der Waals surface area contributed by atoms with Gasteiger partial charge in [-0.1, -0.05) is 13.8 Å². The summed E-state index contributed by atoms with van der Waals surface area (Å²) in [5.41, 5.74) is -0.500. The van der Waals surface area contributed by atoms with Crippen molar-refractivity contribution in [1.29, 1.82) is 0 Å². The average Bonchev–Trinajstić information content (AvgIpc) is 3.18. The van der Waals surface area contributed by atoms with Gasteiger partial charge in [0.05, 0.1) is 5.60 Å². The lowest BCUT2D eigenvalue weighted by molar-refractivity contribution is -0.0233. The Labute approximate surface area is 124 Å². The van der Waals surface area contributed by atoms with Crippen LogP contribution < -0.4 is 5.32 Å². The van der Waals surface area contributed by atoms with E-state index in [1.807, 2.05) is 0 Å². The lowest BCUT2D eigenvalue weighted by Gasteiger charge is -2.40. The van der Waals surface area contributed by atoms with E-state index in [0.717, 1.165) is 44.3 Å². The van der Waals surface area contributed by atoms with Crippen molar-refractivity contribution in [3.8, 4) is 0 Å². The Morgan fingerprint density at radius 2 is 2.00 bits per heavy atom. The van der Waals surface area contributed by atoms with E-state index < -0.39 is 5.60 Å². The zero-order valence-electron chi connectivity index (χ0n) is 12.8. The highest BCUT2D eigenvalue weighted by Gasteiger charge is 2.37. The Bertz CT molecular complexity index is 524. The fraction of sp³-hybridized carbons (Fsp3) is 0.800. The average molecular weight is 292 g/mol. The van der Waals surface area contributed by atoms with E-state index in [1.165, 1.54) is 0 Å². The molecule has 2 aliphatic carbocycles. The van der Waals surface area contributed by atoms with Crippen molar-refractivity contribution in [1.82, 2.24) is 20.5 Å². The molecule has 1 aromatic heterocycles. The maximum Gasteiger partial charge on any atom is 0.291 e. The van der Waals surface area contributed by atoms with Crippen LogP contribution in [-0.2, 0) is 0 Å². The number of aliphatic hydroxyl groups is 1. The van der Waals surface area contributed by atoms with E-state index in [2.05, 4.69) is 34.3 Å². The van der Waals surface area contributed by atoms with E-state index in [0.29, 0.717) is 11.3 Å². The molecule has 1 heterocycles. The molecule has 0 spiro atoms. The second-order valence-electron chi connectivity index (χ2n) is 7.39. The fourth-order valence-corrected chi connectivity index (χ4v) is 2.81. The zero-order valence-corrected chi connectivity index (χ0v) is 12.8. The molecule has 0 saturated heterocycles. The van der Waals surface area contributed by atoms with E-state index in [-0.39, 0.29) is 18.3 Å². The van der Waals surface area contributed by atoms with Crippen LogP contribution >= 0.6 is 0 Å². The van der Waals surface area contributed by atoms with Crippen LogP contribution in [0.3, 0.4) is 0 Å². The number of hydrogen-bond donors (Lipinski definition) is 3. The van der Waals surface area contributed by atoms with Gasteiger partial charge in [0.25, 0.3) is 5.91 Å². The first-order valence-electron chi connectivity index (χ1n) is 7.80. The maximum atomic E-state index is 12.0. The third kappa shape index (κ3) is 3.43. The van der Waals surface area contributed by atoms with Gasteiger partial charge in [0.1, 0.15) is 5.82 Å². The number of hydrogen-bond acceptors (Lipinski definition) is 4. The Morgan fingerprint density at radius 3 is 2.62 bits per heavy atom. The number of carbonyl (C=O) groups excluding carboxylic acids is 1. The highest BCUT2D eigenvalue weighted by molar-refractivity contribution is 5.90. The lowest BCUT2D eigenvalue weighted by Crippen LogP contribution is -2.46. The molecule has 0 atom stereocenters. The van der Waals surface area contributed by atoms with Crippen LogP contribution in [0.25, 0.3) is 0 Å². The fourth-order valence-electron chi connectivity index (χ4n) is 2.81. The molecule has 2 fully saturated rings. The molecule has 2 saturated carbocycles. The van der Waals surface area contributed by atoms with Gasteiger partial charge in [-0.25, -0.2) is 4.98 Å². The molecule has 0 aromatic carbocycles. The van der Waals surface area contributed by atoms with Crippen molar-refractivity contribution in [2.24, 2.45) is 5.41 Å². The summed E-state index contributed by atoms with van der Waals surface area (Å²) in [5.74, 6) is 1.12. The predicted molar refractivity (Wildman–Crippen MR) is 77.9 cm³/mol. The van der Waals surface area contributed by atoms with Crippen LogP contribution in [0.15, 0.2) is 0 Å². The summed E-state index contributed by atoms with van der Waals surface area (Å²) >= 11 is 0. The molecule has 2 aliphatic rings. The van der Waals surface area contributed by atoms with E-state index in [4.69, 9.17) is 0 Å². The van der Waals surface area contributed by atoms with Gasteiger partial charge in [0, 0.05) is 12.5 Å². The number of carbonyl (C=O) groups is 1. The molecule has 3 rings (SSSR count). The molecule has 21 heavy (non-hydrogen) atoms. The third-order valence-corrected chi connectivity index (χ3v) is 4.78. The molecular formula is C15H24N4O2. The Morgan fingerprint density at radius 1 is 1.33 bits per heavy atom. The van der Waals surface area contributed by atoms with E-state index in [1.54, 1.807) is 0 Å². The van der Waals surface area contributed by atoms with Crippen molar-refractivity contribution in [3.05, 3.63) is 11.6 Å². The van der Waals surface area contributed by atoms with Gasteiger partial charge in [0.15, 0.2) is 0 Å². The van der Waals surface area contributed by atoms with Gasteiger partial charge < -0.3 is 10.4 Å². The maximum absolute atomic E-state index is 12.0. The highest BCUT2D eigenvalue weighted by Crippen LogP contribution is 2.40. The number of rotatable bonds is 4. The van der Waals surface area contributed by atoms with E-state index in [9.17, 15) is 9.90 Å². The molecule has 1 amide bonds. The van der Waals surface area contributed by atoms with Gasteiger partial charge in [0.2, 0.25) is 5.82 Å². The summed E-state index contributed by atoms with van der Waals surface area (Å²) in [7, 11) is 0. The molecule has 0 bridgehead atoms. The van der Waals surface area contributed by atoms with Gasteiger partial charge in [-0.05, 0) is 43.9 Å². The monoisotopic (exact) mass is 292 g/mol. The second-order valence-corrected chi connectivity index (χ2v) is 7.39. The summed E-state index contributed by atoms with van der Waals surface area (Å²) in [5, 5.41) is 20.1. The van der Waals surface area contributed by atoms with Crippen molar-refractivity contribution >= 4 is 5.91 Å². The molecule has 6 heteroatoms. The summed E-state index contributed by atoms with van der Waals surface area (Å²) in [6, 6.07) is 0. The van der Waals surface area contributed by atoms with Crippen molar-refractivity contribution in [2.75, 3.05) is 6.54 Å². The number of aromatic nitrogens is 3. The first-order valence-corrected chi connectivity index (χ1v) is 7.80. The standard InChI is InChI=1S/C15H24N4O2/c1-14(2)5-7-15(21,8-6-14)9-16-13(20)12-17-11(18-19-12)10-3-4-10/h10,21H,3-9H2,1-2H3,(H,16,20)(H,17,18,19). The number of amides is 1. The number of H-pyrrole nitrogens is 1. The Kier molecular flexibility index (Phi) is 3.51. The molecule has 0 aliphatic heterocycles. The molecule has 6 nitrogen and oxygen atoms in total. The van der Waals surface area contributed by atoms with Crippen molar-refractivity contribution < 1.29 is 9.90 Å². The van der Waals surface area contributed by atoms with Crippen LogP contribution in [0.1, 0.15) is 74.7 Å². The first kappa shape index (κ1) is 14.5. The number of nitrogens with zero attached hydrogens (tertiary/aromatic N) is 2. The molecule has 3 N–H and O–H groups in total. The van der Waals surface area contributed by atoms with Crippen LogP contribution in [0.4, 0.5) is 0 Å². The summed E-state index contributed by atoms with van der Waals surface area (Å²) < 4.78 is 0. The minimum absolute atomic E-state index is 0.177. The third-order valence-electron chi connectivity index (χ3n) is 4.78. The van der Waals surface area contributed by atoms with Gasteiger partial charge in [-0.3, -0.25) is 9.89 Å². The van der Waals surface area contributed by atoms with Crippen LogP contribution in [0.2, 0.25) is 0 Å². The van der Waals surface area contributed by atoms with Crippen molar-refractivity contribution in [2.45, 2.75) is 63.9 Å². The van der Waals surface area contributed by atoms with Crippen molar-refractivity contribution in [3.63, 3.8) is 0 Å². The van der Waals surface area contributed by atoms with Gasteiger partial charge in [-0.15, -0.1) is 5.10 Å². The quantitative estimate of drug-likeness (QED) is 0.788. The minimum Gasteiger partial charge on any atom is -0.388 e. The molecule has 1 aromatic rings. The number of nitrogens with one attached hydrogen (secondary N) is 2. The molecule has 0 radical (unpaired) electrons. The molecular weight excluding hydrogens is 268 g/mol. The summed E-state index contributed by atoms with van der Waals surface area (Å²) in [6.45, 7) is 4.71. The van der Waals surface area contributed by atoms with Gasteiger partial charge in [-0.2, -0.15) is 0 Å². The smallest absolute Gasteiger partial charge is 0.291 e. The summed E-state index contributed by atoms with van der Waals surface area (Å²) in [4.78, 5) is 16.3. The predicted octanol–water partition coefficient (Wildman–Crippen LogP) is 1.74. The Balaban J connectivity index is 1.53. The minimum atomic E-state index is -0.791. The highest BCUT2D eigenvalue weighted by atomic mass is 16.3. The van der Waals surface area contributed by atoms with Crippen LogP contribution in [0.5, 0.6) is 0 Å². The lowest BCUT2D eigenvalue weighted by atomic mass is 9.71. The molecule has 0 unspecified atom stereocenters. The topological polar surface area (TPSA) is 90.9 Å². The van der Waals surface area contributed by atoms with Gasteiger partial charge >= 0.3 is 0 Å². The summed E-state index contributed by atoms with van der Waals surface area (Å²) in [6.07, 6.45) is 5.64. The Hall–Kier alpha value is -1.43.